The Bertz CT molecular complexity index is 1110. The van der Waals surface area contributed by atoms with E-state index in [9.17, 15) is 14.4 Å². The van der Waals surface area contributed by atoms with Crippen LogP contribution in [0.2, 0.25) is 0 Å². The molecule has 0 N–H and O–H groups in total. The molecule has 6 heteroatoms. The number of unbranched alkanes of at least 4 members (excludes halogenated alkanes) is 30. The molecule has 6 nitrogen and oxygen atoms in total. The van der Waals surface area contributed by atoms with Gasteiger partial charge in [0.2, 0.25) is 0 Å². The fourth-order valence-corrected chi connectivity index (χ4v) is 7.73. The average molecular weight is 883 g/mol. The van der Waals surface area contributed by atoms with Crippen molar-refractivity contribution in [3.8, 4) is 0 Å². The number of esters is 3. The van der Waals surface area contributed by atoms with E-state index in [2.05, 4.69) is 69.4 Å². The van der Waals surface area contributed by atoms with Gasteiger partial charge in [-0.3, -0.25) is 14.4 Å². The van der Waals surface area contributed by atoms with Crippen molar-refractivity contribution in [3.05, 3.63) is 48.6 Å². The molecule has 0 heterocycles. The molecule has 0 aromatic heterocycles. The summed E-state index contributed by atoms with van der Waals surface area (Å²) in [6, 6.07) is 0. The summed E-state index contributed by atoms with van der Waals surface area (Å²) >= 11 is 0. The summed E-state index contributed by atoms with van der Waals surface area (Å²) in [5, 5.41) is 0. The highest BCUT2D eigenvalue weighted by Crippen LogP contribution is 2.16. The van der Waals surface area contributed by atoms with Gasteiger partial charge in [-0.05, 0) is 57.8 Å². The van der Waals surface area contributed by atoms with Crippen molar-refractivity contribution in [2.24, 2.45) is 0 Å². The zero-order valence-electron chi connectivity index (χ0n) is 41.8. The molecule has 1 atom stereocenters. The van der Waals surface area contributed by atoms with Crippen molar-refractivity contribution >= 4 is 17.9 Å². The molecule has 0 aliphatic rings. The number of carbonyl (C=O) groups is 3. The molecule has 0 aliphatic carbocycles. The van der Waals surface area contributed by atoms with E-state index in [0.717, 1.165) is 64.2 Å². The van der Waals surface area contributed by atoms with Gasteiger partial charge in [-0.1, -0.05) is 249 Å². The van der Waals surface area contributed by atoms with E-state index in [0.29, 0.717) is 19.3 Å². The Labute approximate surface area is 390 Å². The zero-order valence-corrected chi connectivity index (χ0v) is 41.8. The van der Waals surface area contributed by atoms with Gasteiger partial charge in [0.1, 0.15) is 13.2 Å². The number of hydrogen-bond acceptors (Lipinski definition) is 6. The molecule has 0 radical (unpaired) electrons. The van der Waals surface area contributed by atoms with Crippen LogP contribution in [0.4, 0.5) is 0 Å². The van der Waals surface area contributed by atoms with Crippen LogP contribution < -0.4 is 0 Å². The lowest BCUT2D eigenvalue weighted by atomic mass is 10.0. The quantitative estimate of drug-likeness (QED) is 0.0262. The van der Waals surface area contributed by atoms with Gasteiger partial charge in [0.15, 0.2) is 6.10 Å². The first-order valence-electron chi connectivity index (χ1n) is 27.1. The minimum atomic E-state index is -0.790. The summed E-state index contributed by atoms with van der Waals surface area (Å²) in [5.74, 6) is -0.933. The second-order valence-corrected chi connectivity index (χ2v) is 18.2. The average Bonchev–Trinajstić information content (AvgIpc) is 3.28. The molecule has 0 spiro atoms. The highest BCUT2D eigenvalue weighted by Gasteiger charge is 2.19. The van der Waals surface area contributed by atoms with E-state index in [1.807, 2.05) is 0 Å². The van der Waals surface area contributed by atoms with Gasteiger partial charge in [0.25, 0.3) is 0 Å². The van der Waals surface area contributed by atoms with Crippen LogP contribution >= 0.6 is 0 Å². The number of hydrogen-bond donors (Lipinski definition) is 0. The first-order chi connectivity index (χ1) is 31.0. The molecule has 0 aliphatic heterocycles. The summed E-state index contributed by atoms with van der Waals surface area (Å²) < 4.78 is 16.8. The fourth-order valence-electron chi connectivity index (χ4n) is 7.73. The Kier molecular flexibility index (Phi) is 49.8. The Morgan fingerprint density at radius 3 is 0.952 bits per heavy atom. The molecule has 0 fully saturated rings. The van der Waals surface area contributed by atoms with Crippen molar-refractivity contribution in [2.45, 2.75) is 284 Å². The predicted octanol–water partition coefficient (Wildman–Crippen LogP) is 17.9. The molecule has 0 saturated heterocycles. The fraction of sp³-hybridized carbons (Fsp3) is 0.807. The van der Waals surface area contributed by atoms with E-state index in [-0.39, 0.29) is 37.5 Å². The molecule has 0 aromatic rings. The SMILES string of the molecule is CCCCC/C=C\C/C=C\C/C=C\C/C=C\CCCC(=O)OCC(COC(=O)CCCCCCCCCCCCCC)OC(=O)CCCCCCCCCCCCCCCCCC. The second-order valence-electron chi connectivity index (χ2n) is 18.2. The molecule has 0 aromatic carbocycles. The summed E-state index contributed by atoms with van der Waals surface area (Å²) in [4.78, 5) is 38.0. The Balaban J connectivity index is 4.42. The van der Waals surface area contributed by atoms with Crippen LogP contribution in [0.1, 0.15) is 278 Å². The van der Waals surface area contributed by atoms with E-state index < -0.39 is 6.10 Å². The van der Waals surface area contributed by atoms with Crippen molar-refractivity contribution in [1.29, 1.82) is 0 Å². The second kappa shape index (κ2) is 52.0. The van der Waals surface area contributed by atoms with E-state index in [1.165, 1.54) is 167 Å². The lowest BCUT2D eigenvalue weighted by Gasteiger charge is -2.18. The molecular formula is C57H102O6. The highest BCUT2D eigenvalue weighted by molar-refractivity contribution is 5.71. The largest absolute Gasteiger partial charge is 0.462 e. The Morgan fingerprint density at radius 2 is 0.587 bits per heavy atom. The van der Waals surface area contributed by atoms with E-state index >= 15 is 0 Å². The summed E-state index contributed by atoms with van der Waals surface area (Å²) in [6.45, 7) is 6.59. The smallest absolute Gasteiger partial charge is 0.306 e. The maximum atomic E-state index is 12.8. The third-order valence-electron chi connectivity index (χ3n) is 11.8. The molecule has 0 amide bonds. The predicted molar refractivity (Wildman–Crippen MR) is 270 cm³/mol. The molecule has 0 saturated carbocycles. The van der Waals surface area contributed by atoms with Gasteiger partial charge in [-0.2, -0.15) is 0 Å². The number of rotatable bonds is 49. The first kappa shape index (κ1) is 60.4. The van der Waals surface area contributed by atoms with Gasteiger partial charge >= 0.3 is 17.9 Å². The molecule has 0 bridgehead atoms. The topological polar surface area (TPSA) is 78.9 Å². The first-order valence-corrected chi connectivity index (χ1v) is 27.1. The van der Waals surface area contributed by atoms with E-state index in [4.69, 9.17) is 14.2 Å². The molecule has 1 unspecified atom stereocenters. The van der Waals surface area contributed by atoms with Crippen molar-refractivity contribution < 1.29 is 28.6 Å². The van der Waals surface area contributed by atoms with Crippen molar-refractivity contribution in [1.82, 2.24) is 0 Å². The number of carbonyl (C=O) groups excluding carboxylic acids is 3. The lowest BCUT2D eigenvalue weighted by molar-refractivity contribution is -0.167. The minimum Gasteiger partial charge on any atom is -0.462 e. The Morgan fingerprint density at radius 1 is 0.317 bits per heavy atom. The van der Waals surface area contributed by atoms with Gasteiger partial charge in [-0.15, -0.1) is 0 Å². The molecular weight excluding hydrogens is 781 g/mol. The van der Waals surface area contributed by atoms with Gasteiger partial charge in [0, 0.05) is 19.3 Å². The third-order valence-corrected chi connectivity index (χ3v) is 11.8. The van der Waals surface area contributed by atoms with Crippen LogP contribution in [0.25, 0.3) is 0 Å². The van der Waals surface area contributed by atoms with Crippen LogP contribution in [0, 0.1) is 0 Å². The van der Waals surface area contributed by atoms with Crippen molar-refractivity contribution in [2.75, 3.05) is 13.2 Å². The van der Waals surface area contributed by atoms with Gasteiger partial charge in [-0.25, -0.2) is 0 Å². The standard InChI is InChI=1S/C57H102O6/c1-4-7-10-13-16-19-22-25-27-29-31-32-35-38-41-44-47-50-56(59)62-53-54(52-61-55(58)49-46-43-40-37-34-24-21-18-15-12-9-6-3)63-57(60)51-48-45-42-39-36-33-30-28-26-23-20-17-14-11-8-5-2/h16,19,25,27,31-32,38,41,54H,4-15,17-18,20-24,26,28-30,33-37,39-40,42-53H2,1-3H3/b19-16-,27-25-,32-31-,41-38-. The van der Waals surface area contributed by atoms with Crippen LogP contribution in [-0.4, -0.2) is 37.2 Å². The van der Waals surface area contributed by atoms with E-state index in [1.54, 1.807) is 0 Å². The number of ether oxygens (including phenoxy) is 3. The van der Waals surface area contributed by atoms with Crippen LogP contribution in [0.3, 0.4) is 0 Å². The normalized spacial score (nSPS) is 12.4. The monoisotopic (exact) mass is 883 g/mol. The summed E-state index contributed by atoms with van der Waals surface area (Å²) in [7, 11) is 0. The number of allylic oxidation sites excluding steroid dienone is 8. The Hall–Kier alpha value is -2.63. The van der Waals surface area contributed by atoms with Gasteiger partial charge < -0.3 is 14.2 Å². The molecule has 366 valence electrons. The molecule has 0 rings (SSSR count). The summed E-state index contributed by atoms with van der Waals surface area (Å²) in [6.07, 6.45) is 62.4. The summed E-state index contributed by atoms with van der Waals surface area (Å²) in [5.41, 5.74) is 0. The van der Waals surface area contributed by atoms with Crippen LogP contribution in [-0.2, 0) is 28.6 Å². The van der Waals surface area contributed by atoms with Crippen LogP contribution in [0.15, 0.2) is 48.6 Å². The third kappa shape index (κ3) is 50.2. The van der Waals surface area contributed by atoms with Crippen LogP contribution in [0.5, 0.6) is 0 Å². The maximum absolute atomic E-state index is 12.8. The van der Waals surface area contributed by atoms with Gasteiger partial charge in [0.05, 0.1) is 0 Å². The minimum absolute atomic E-state index is 0.0860. The zero-order chi connectivity index (χ0) is 45.8. The lowest BCUT2D eigenvalue weighted by Crippen LogP contribution is -2.30. The molecule has 63 heavy (non-hydrogen) atoms. The maximum Gasteiger partial charge on any atom is 0.306 e. The highest BCUT2D eigenvalue weighted by atomic mass is 16.6. The van der Waals surface area contributed by atoms with Crippen molar-refractivity contribution in [3.63, 3.8) is 0 Å².